The van der Waals surface area contributed by atoms with Gasteiger partial charge in [-0.15, -0.1) is 6.58 Å². The predicted molar refractivity (Wildman–Crippen MR) is 50.5 cm³/mol. The smallest absolute Gasteiger partial charge is 0.163 e. The molecule has 76 valence electrons. The number of ether oxygens (including phenoxy) is 3. The third kappa shape index (κ3) is 3.89. The Morgan fingerprint density at radius 3 is 2.92 bits per heavy atom. The summed E-state index contributed by atoms with van der Waals surface area (Å²) in [7, 11) is 0. The fraction of sp³-hybridized carbons (Fsp3) is 0.800. The Balaban J connectivity index is 2.07. The van der Waals surface area contributed by atoms with Gasteiger partial charge < -0.3 is 14.2 Å². The highest BCUT2D eigenvalue weighted by Gasteiger charge is 2.31. The first-order valence-corrected chi connectivity index (χ1v) is 4.64. The van der Waals surface area contributed by atoms with Crippen LogP contribution in [0.3, 0.4) is 0 Å². The summed E-state index contributed by atoms with van der Waals surface area (Å²) in [6, 6.07) is 0. The standard InChI is InChI=1S/C10H18O3/c1-4-6-11-7-5-9-8-12-10(2,3)13-9/h4,9H,1,5-8H2,2-3H3. The molecule has 1 unspecified atom stereocenters. The lowest BCUT2D eigenvalue weighted by Gasteiger charge is -2.16. The molecule has 0 N–H and O–H groups in total. The van der Waals surface area contributed by atoms with Gasteiger partial charge in [-0.1, -0.05) is 6.08 Å². The van der Waals surface area contributed by atoms with Gasteiger partial charge in [-0.2, -0.15) is 0 Å². The van der Waals surface area contributed by atoms with Crippen LogP contribution >= 0.6 is 0 Å². The van der Waals surface area contributed by atoms with Crippen molar-refractivity contribution in [3.05, 3.63) is 12.7 Å². The topological polar surface area (TPSA) is 27.7 Å². The van der Waals surface area contributed by atoms with Gasteiger partial charge in [0, 0.05) is 6.61 Å². The third-order valence-corrected chi connectivity index (χ3v) is 1.89. The Labute approximate surface area is 79.7 Å². The minimum absolute atomic E-state index is 0.180. The minimum atomic E-state index is -0.414. The molecule has 3 heteroatoms. The van der Waals surface area contributed by atoms with Gasteiger partial charge in [0.1, 0.15) is 0 Å². The maximum absolute atomic E-state index is 5.60. The molecule has 0 aromatic heterocycles. The molecule has 1 aliphatic rings. The SMILES string of the molecule is C=CCOCCC1COC(C)(C)O1. The van der Waals surface area contributed by atoms with Crippen LogP contribution in [0.1, 0.15) is 20.3 Å². The highest BCUT2D eigenvalue weighted by Crippen LogP contribution is 2.23. The summed E-state index contributed by atoms with van der Waals surface area (Å²) in [6.45, 7) is 9.41. The molecular formula is C10H18O3. The van der Waals surface area contributed by atoms with Crippen LogP contribution in [0.15, 0.2) is 12.7 Å². The highest BCUT2D eigenvalue weighted by atomic mass is 16.7. The van der Waals surface area contributed by atoms with Crippen molar-refractivity contribution in [3.8, 4) is 0 Å². The van der Waals surface area contributed by atoms with E-state index in [1.165, 1.54) is 0 Å². The zero-order valence-corrected chi connectivity index (χ0v) is 8.41. The van der Waals surface area contributed by atoms with E-state index in [4.69, 9.17) is 14.2 Å². The first-order chi connectivity index (χ1) is 6.14. The van der Waals surface area contributed by atoms with Crippen LogP contribution in [-0.2, 0) is 14.2 Å². The van der Waals surface area contributed by atoms with E-state index >= 15 is 0 Å². The van der Waals surface area contributed by atoms with Crippen molar-refractivity contribution < 1.29 is 14.2 Å². The van der Waals surface area contributed by atoms with Gasteiger partial charge in [-0.05, 0) is 20.3 Å². The van der Waals surface area contributed by atoms with Crippen LogP contribution in [0.25, 0.3) is 0 Å². The van der Waals surface area contributed by atoms with Crippen LogP contribution < -0.4 is 0 Å². The van der Waals surface area contributed by atoms with Gasteiger partial charge in [0.2, 0.25) is 0 Å². The fourth-order valence-electron chi connectivity index (χ4n) is 1.29. The van der Waals surface area contributed by atoms with Gasteiger partial charge in [0.25, 0.3) is 0 Å². The van der Waals surface area contributed by atoms with Crippen LogP contribution in [0.2, 0.25) is 0 Å². The molecule has 1 atom stereocenters. The van der Waals surface area contributed by atoms with Crippen molar-refractivity contribution in [2.45, 2.75) is 32.2 Å². The van der Waals surface area contributed by atoms with E-state index in [2.05, 4.69) is 6.58 Å². The number of hydrogen-bond acceptors (Lipinski definition) is 3. The lowest BCUT2D eigenvalue weighted by Crippen LogP contribution is -2.22. The molecule has 0 aromatic rings. The van der Waals surface area contributed by atoms with Gasteiger partial charge >= 0.3 is 0 Å². The van der Waals surface area contributed by atoms with Crippen LogP contribution in [-0.4, -0.2) is 31.7 Å². The average molecular weight is 186 g/mol. The summed E-state index contributed by atoms with van der Waals surface area (Å²) < 4.78 is 16.3. The van der Waals surface area contributed by atoms with Crippen molar-refractivity contribution in [2.24, 2.45) is 0 Å². The molecule has 0 aromatic carbocycles. The first-order valence-electron chi connectivity index (χ1n) is 4.64. The predicted octanol–water partition coefficient (Wildman–Crippen LogP) is 1.73. The average Bonchev–Trinajstić information content (AvgIpc) is 2.40. The molecule has 1 heterocycles. The molecule has 0 spiro atoms. The summed E-state index contributed by atoms with van der Waals surface area (Å²) >= 11 is 0. The molecule has 0 amide bonds. The molecule has 1 fully saturated rings. The van der Waals surface area contributed by atoms with Crippen LogP contribution in [0, 0.1) is 0 Å². The molecule has 3 nitrogen and oxygen atoms in total. The minimum Gasteiger partial charge on any atom is -0.377 e. The molecule has 0 bridgehead atoms. The zero-order valence-electron chi connectivity index (χ0n) is 8.41. The Morgan fingerprint density at radius 2 is 2.38 bits per heavy atom. The molecule has 0 radical (unpaired) electrons. The lowest BCUT2D eigenvalue weighted by atomic mass is 10.3. The summed E-state index contributed by atoms with van der Waals surface area (Å²) in [4.78, 5) is 0. The number of hydrogen-bond donors (Lipinski definition) is 0. The molecule has 1 saturated heterocycles. The second-order valence-electron chi connectivity index (χ2n) is 3.60. The van der Waals surface area contributed by atoms with Gasteiger partial charge in [0.05, 0.1) is 19.3 Å². The molecule has 0 aliphatic carbocycles. The monoisotopic (exact) mass is 186 g/mol. The van der Waals surface area contributed by atoms with Gasteiger partial charge in [0.15, 0.2) is 5.79 Å². The summed E-state index contributed by atoms with van der Waals surface area (Å²) in [5.74, 6) is -0.414. The third-order valence-electron chi connectivity index (χ3n) is 1.89. The van der Waals surface area contributed by atoms with Crippen molar-refractivity contribution in [1.29, 1.82) is 0 Å². The normalized spacial score (nSPS) is 26.2. The molecule has 0 saturated carbocycles. The van der Waals surface area contributed by atoms with E-state index in [9.17, 15) is 0 Å². The van der Waals surface area contributed by atoms with Crippen LogP contribution in [0.5, 0.6) is 0 Å². The quantitative estimate of drug-likeness (QED) is 0.483. The second kappa shape index (κ2) is 4.74. The molecule has 1 rings (SSSR count). The lowest BCUT2D eigenvalue weighted by molar-refractivity contribution is -0.140. The summed E-state index contributed by atoms with van der Waals surface area (Å²) in [6.07, 6.45) is 2.81. The van der Waals surface area contributed by atoms with E-state index in [0.29, 0.717) is 19.8 Å². The summed E-state index contributed by atoms with van der Waals surface area (Å²) in [5, 5.41) is 0. The van der Waals surface area contributed by atoms with Crippen molar-refractivity contribution in [1.82, 2.24) is 0 Å². The Hall–Kier alpha value is -0.380. The van der Waals surface area contributed by atoms with E-state index in [-0.39, 0.29) is 6.10 Å². The van der Waals surface area contributed by atoms with E-state index in [1.54, 1.807) is 6.08 Å². The van der Waals surface area contributed by atoms with Gasteiger partial charge in [-0.3, -0.25) is 0 Å². The molecule has 13 heavy (non-hydrogen) atoms. The fourth-order valence-corrected chi connectivity index (χ4v) is 1.29. The highest BCUT2D eigenvalue weighted by molar-refractivity contribution is 4.71. The molecular weight excluding hydrogens is 168 g/mol. The maximum atomic E-state index is 5.60. The number of rotatable bonds is 5. The first kappa shape index (κ1) is 10.7. The largest absolute Gasteiger partial charge is 0.377 e. The van der Waals surface area contributed by atoms with Crippen LogP contribution in [0.4, 0.5) is 0 Å². The Bertz CT molecular complexity index is 166. The Morgan fingerprint density at radius 1 is 1.62 bits per heavy atom. The second-order valence-corrected chi connectivity index (χ2v) is 3.60. The summed E-state index contributed by atoms with van der Waals surface area (Å²) in [5.41, 5.74) is 0. The van der Waals surface area contributed by atoms with E-state index in [0.717, 1.165) is 6.42 Å². The van der Waals surface area contributed by atoms with Crippen molar-refractivity contribution >= 4 is 0 Å². The zero-order chi connectivity index (χ0) is 9.73. The Kier molecular flexibility index (Phi) is 3.90. The van der Waals surface area contributed by atoms with Gasteiger partial charge in [-0.25, -0.2) is 0 Å². The van der Waals surface area contributed by atoms with E-state index in [1.807, 2.05) is 13.8 Å². The van der Waals surface area contributed by atoms with E-state index < -0.39 is 5.79 Å². The van der Waals surface area contributed by atoms with Crippen molar-refractivity contribution in [2.75, 3.05) is 19.8 Å². The maximum Gasteiger partial charge on any atom is 0.163 e. The molecule has 1 aliphatic heterocycles. The van der Waals surface area contributed by atoms with Crippen molar-refractivity contribution in [3.63, 3.8) is 0 Å².